The Kier molecular flexibility index (Phi) is 3.07. The molecule has 18 heavy (non-hydrogen) atoms. The zero-order valence-corrected chi connectivity index (χ0v) is 9.31. The summed E-state index contributed by atoms with van der Waals surface area (Å²) in [6.45, 7) is 1.73. The molecule has 0 aliphatic heterocycles. The molecule has 0 aliphatic carbocycles. The van der Waals surface area contributed by atoms with Crippen molar-refractivity contribution in [2.75, 3.05) is 11.9 Å². The van der Waals surface area contributed by atoms with Gasteiger partial charge in [0.25, 0.3) is 5.82 Å². The molecule has 2 N–H and O–H groups in total. The molecule has 1 atom stereocenters. The second kappa shape index (κ2) is 4.41. The van der Waals surface area contributed by atoms with Crippen LogP contribution in [0, 0.1) is 0 Å². The van der Waals surface area contributed by atoms with Crippen LogP contribution in [0.3, 0.4) is 0 Å². The number of halogens is 3. The van der Waals surface area contributed by atoms with Gasteiger partial charge in [-0.25, -0.2) is 0 Å². The lowest BCUT2D eigenvalue weighted by atomic mass is 10.4. The van der Waals surface area contributed by atoms with E-state index in [-0.39, 0.29) is 18.0 Å². The fourth-order valence-electron chi connectivity index (χ4n) is 1.31. The molecule has 0 saturated heterocycles. The van der Waals surface area contributed by atoms with Crippen molar-refractivity contribution < 1.29 is 18.3 Å². The van der Waals surface area contributed by atoms with Crippen molar-refractivity contribution in [3.63, 3.8) is 0 Å². The maximum Gasteiger partial charge on any atom is 0.453 e. The van der Waals surface area contributed by atoms with Gasteiger partial charge in [0.1, 0.15) is 5.82 Å². The van der Waals surface area contributed by atoms with Crippen LogP contribution in [-0.4, -0.2) is 37.6 Å². The van der Waals surface area contributed by atoms with E-state index in [4.69, 9.17) is 5.11 Å². The van der Waals surface area contributed by atoms with Crippen molar-refractivity contribution in [1.29, 1.82) is 0 Å². The molecule has 0 fully saturated rings. The Bertz CT molecular complexity index is 551. The highest BCUT2D eigenvalue weighted by Crippen LogP contribution is 2.27. The SMILES string of the molecule is CC(O)CNc1ccc2nnc(C(F)(F)F)n2n1. The predicted octanol–water partition coefficient (Wildman–Crippen LogP) is 0.936. The standard InChI is InChI=1S/C9H10F3N5O/c1-5(18)4-13-6-2-3-7-14-15-8(9(10,11)12)17(7)16-6/h2-3,5,18H,4H2,1H3,(H,13,16). The largest absolute Gasteiger partial charge is 0.453 e. The molecule has 2 aromatic rings. The summed E-state index contributed by atoms with van der Waals surface area (Å²) >= 11 is 0. The van der Waals surface area contributed by atoms with Gasteiger partial charge >= 0.3 is 6.18 Å². The summed E-state index contributed by atoms with van der Waals surface area (Å²) in [7, 11) is 0. The zero-order chi connectivity index (χ0) is 13.3. The third kappa shape index (κ3) is 2.50. The quantitative estimate of drug-likeness (QED) is 0.859. The lowest BCUT2D eigenvalue weighted by Crippen LogP contribution is -2.18. The van der Waals surface area contributed by atoms with Crippen molar-refractivity contribution in [3.05, 3.63) is 18.0 Å². The Morgan fingerprint density at radius 2 is 2.11 bits per heavy atom. The number of aliphatic hydroxyl groups excluding tert-OH is 1. The molecule has 9 heteroatoms. The van der Waals surface area contributed by atoms with E-state index in [0.29, 0.717) is 4.52 Å². The van der Waals surface area contributed by atoms with E-state index < -0.39 is 18.1 Å². The molecule has 1 unspecified atom stereocenters. The topological polar surface area (TPSA) is 75.3 Å². The number of aliphatic hydroxyl groups is 1. The van der Waals surface area contributed by atoms with E-state index in [9.17, 15) is 13.2 Å². The van der Waals surface area contributed by atoms with Crippen molar-refractivity contribution >= 4 is 11.5 Å². The van der Waals surface area contributed by atoms with Crippen LogP contribution in [0.25, 0.3) is 5.65 Å². The first-order valence-corrected chi connectivity index (χ1v) is 5.09. The van der Waals surface area contributed by atoms with E-state index >= 15 is 0 Å². The van der Waals surface area contributed by atoms with Gasteiger partial charge in [0.05, 0.1) is 6.10 Å². The summed E-state index contributed by atoms with van der Waals surface area (Å²) in [6.07, 6.45) is -5.25. The van der Waals surface area contributed by atoms with Gasteiger partial charge in [0.15, 0.2) is 5.65 Å². The van der Waals surface area contributed by atoms with Gasteiger partial charge in [-0.15, -0.1) is 15.3 Å². The highest BCUT2D eigenvalue weighted by atomic mass is 19.4. The van der Waals surface area contributed by atoms with Gasteiger partial charge in [-0.05, 0) is 19.1 Å². The van der Waals surface area contributed by atoms with Crippen LogP contribution in [0.2, 0.25) is 0 Å². The van der Waals surface area contributed by atoms with E-state index in [1.807, 2.05) is 0 Å². The summed E-state index contributed by atoms with van der Waals surface area (Å²) in [4.78, 5) is 0. The van der Waals surface area contributed by atoms with Crippen molar-refractivity contribution in [3.8, 4) is 0 Å². The monoisotopic (exact) mass is 261 g/mol. The van der Waals surface area contributed by atoms with Crippen molar-refractivity contribution in [2.24, 2.45) is 0 Å². The maximum atomic E-state index is 12.6. The molecule has 2 heterocycles. The van der Waals surface area contributed by atoms with Crippen LogP contribution in [0.1, 0.15) is 12.7 Å². The molecular formula is C9H10F3N5O. The first kappa shape index (κ1) is 12.6. The summed E-state index contributed by atoms with van der Waals surface area (Å²) < 4.78 is 38.3. The van der Waals surface area contributed by atoms with Gasteiger partial charge in [0.2, 0.25) is 0 Å². The molecule has 2 rings (SSSR count). The second-order valence-corrected chi connectivity index (χ2v) is 3.74. The van der Waals surface area contributed by atoms with Crippen LogP contribution in [0.5, 0.6) is 0 Å². The van der Waals surface area contributed by atoms with Crippen LogP contribution >= 0.6 is 0 Å². The van der Waals surface area contributed by atoms with E-state index in [1.165, 1.54) is 12.1 Å². The maximum absolute atomic E-state index is 12.6. The Morgan fingerprint density at radius 1 is 1.39 bits per heavy atom. The number of rotatable bonds is 3. The summed E-state index contributed by atoms with van der Waals surface area (Å²) in [5.74, 6) is -0.980. The highest BCUT2D eigenvalue weighted by molar-refractivity contribution is 5.44. The number of hydrogen-bond acceptors (Lipinski definition) is 5. The number of nitrogens with one attached hydrogen (secondary N) is 1. The first-order chi connectivity index (χ1) is 8.38. The summed E-state index contributed by atoms with van der Waals surface area (Å²) in [5, 5.41) is 21.9. The van der Waals surface area contributed by atoms with Crippen LogP contribution in [0.15, 0.2) is 12.1 Å². The fraction of sp³-hybridized carbons (Fsp3) is 0.444. The molecule has 0 amide bonds. The Labute approximate surface area is 99.4 Å². The minimum absolute atomic E-state index is 0.00456. The second-order valence-electron chi connectivity index (χ2n) is 3.74. The van der Waals surface area contributed by atoms with Gasteiger partial charge in [-0.3, -0.25) is 0 Å². The van der Waals surface area contributed by atoms with E-state index in [2.05, 4.69) is 20.6 Å². The predicted molar refractivity (Wildman–Crippen MR) is 56.0 cm³/mol. The lowest BCUT2D eigenvalue weighted by molar-refractivity contribution is -0.146. The van der Waals surface area contributed by atoms with E-state index in [0.717, 1.165) is 0 Å². The number of aromatic nitrogens is 4. The molecule has 0 aliphatic rings. The molecule has 0 spiro atoms. The Morgan fingerprint density at radius 3 is 2.72 bits per heavy atom. The van der Waals surface area contributed by atoms with Crippen molar-refractivity contribution in [2.45, 2.75) is 19.2 Å². The van der Waals surface area contributed by atoms with E-state index in [1.54, 1.807) is 6.92 Å². The number of hydrogen-bond donors (Lipinski definition) is 2. The number of alkyl halides is 3. The van der Waals surface area contributed by atoms with Gasteiger partial charge in [0, 0.05) is 6.54 Å². The van der Waals surface area contributed by atoms with Gasteiger partial charge < -0.3 is 10.4 Å². The summed E-state index contributed by atoms with van der Waals surface area (Å²) in [5.41, 5.74) is 0.00456. The molecule has 2 aromatic heterocycles. The Hall–Kier alpha value is -1.90. The van der Waals surface area contributed by atoms with Gasteiger partial charge in [-0.2, -0.15) is 17.7 Å². The molecule has 6 nitrogen and oxygen atoms in total. The summed E-state index contributed by atoms with van der Waals surface area (Å²) in [6, 6.07) is 2.83. The first-order valence-electron chi connectivity index (χ1n) is 5.09. The number of anilines is 1. The fourth-order valence-corrected chi connectivity index (χ4v) is 1.31. The van der Waals surface area contributed by atoms with Crippen LogP contribution in [-0.2, 0) is 6.18 Å². The van der Waals surface area contributed by atoms with Crippen molar-refractivity contribution in [1.82, 2.24) is 19.8 Å². The van der Waals surface area contributed by atoms with Crippen LogP contribution in [0.4, 0.5) is 19.0 Å². The Balaban J connectivity index is 2.36. The number of fused-ring (bicyclic) bond motifs is 1. The third-order valence-electron chi connectivity index (χ3n) is 2.09. The van der Waals surface area contributed by atoms with Crippen LogP contribution < -0.4 is 5.32 Å². The smallest absolute Gasteiger partial charge is 0.392 e. The lowest BCUT2D eigenvalue weighted by Gasteiger charge is -2.08. The zero-order valence-electron chi connectivity index (χ0n) is 9.31. The highest BCUT2D eigenvalue weighted by Gasteiger charge is 2.37. The number of nitrogens with zero attached hydrogens (tertiary/aromatic N) is 4. The van der Waals surface area contributed by atoms with Gasteiger partial charge in [-0.1, -0.05) is 0 Å². The average Bonchev–Trinajstić information content (AvgIpc) is 2.68. The average molecular weight is 261 g/mol. The molecule has 0 aromatic carbocycles. The minimum Gasteiger partial charge on any atom is -0.392 e. The molecule has 0 radical (unpaired) electrons. The molecule has 0 bridgehead atoms. The molecule has 98 valence electrons. The molecular weight excluding hydrogens is 251 g/mol. The minimum atomic E-state index is -4.62. The molecule has 0 saturated carbocycles. The third-order valence-corrected chi connectivity index (χ3v) is 2.09. The normalized spacial score (nSPS) is 13.8.